The summed E-state index contributed by atoms with van der Waals surface area (Å²) in [5.74, 6) is 0.0615. The number of carbonyl (C=O) groups excluding carboxylic acids is 1. The standard InChI is InChI=1S/C13H17BrO4/c1-17-13(16)12(15)10-4-6-11(7-5-10)18-9-3-2-8-14/h4-7,12,15H,2-3,8-9H2,1H3. The maximum absolute atomic E-state index is 11.1. The Morgan fingerprint density at radius 2 is 2.00 bits per heavy atom. The molecule has 0 radical (unpaired) electrons. The van der Waals surface area contributed by atoms with Gasteiger partial charge in [-0.25, -0.2) is 4.79 Å². The van der Waals surface area contributed by atoms with E-state index in [1.807, 2.05) is 0 Å². The zero-order valence-corrected chi connectivity index (χ0v) is 11.9. The van der Waals surface area contributed by atoms with Crippen molar-refractivity contribution in [3.8, 4) is 5.75 Å². The van der Waals surface area contributed by atoms with E-state index < -0.39 is 12.1 Å². The van der Waals surface area contributed by atoms with Gasteiger partial charge in [0.25, 0.3) is 0 Å². The first-order valence-electron chi connectivity index (χ1n) is 5.73. The van der Waals surface area contributed by atoms with Crippen LogP contribution in [0, 0.1) is 0 Å². The van der Waals surface area contributed by atoms with Gasteiger partial charge in [0, 0.05) is 5.33 Å². The van der Waals surface area contributed by atoms with Crippen molar-refractivity contribution in [1.82, 2.24) is 0 Å². The second-order valence-electron chi connectivity index (χ2n) is 3.74. The Morgan fingerprint density at radius 3 is 2.56 bits per heavy atom. The van der Waals surface area contributed by atoms with Crippen LogP contribution in [0.2, 0.25) is 0 Å². The molecule has 100 valence electrons. The summed E-state index contributed by atoms with van der Waals surface area (Å²) in [5, 5.41) is 10.6. The molecule has 0 fully saturated rings. The Bertz CT molecular complexity index is 364. The molecule has 0 aromatic heterocycles. The molecule has 0 saturated carbocycles. The number of rotatable bonds is 7. The van der Waals surface area contributed by atoms with Crippen LogP contribution in [0.1, 0.15) is 24.5 Å². The maximum atomic E-state index is 11.1. The summed E-state index contributed by atoms with van der Waals surface area (Å²) in [5.41, 5.74) is 0.495. The molecule has 0 spiro atoms. The van der Waals surface area contributed by atoms with E-state index in [0.717, 1.165) is 23.9 Å². The van der Waals surface area contributed by atoms with Crippen molar-refractivity contribution in [3.63, 3.8) is 0 Å². The summed E-state index contributed by atoms with van der Waals surface area (Å²) in [7, 11) is 1.24. The zero-order chi connectivity index (χ0) is 13.4. The highest BCUT2D eigenvalue weighted by Crippen LogP contribution is 2.19. The summed E-state index contributed by atoms with van der Waals surface area (Å²) < 4.78 is 9.97. The number of benzene rings is 1. The van der Waals surface area contributed by atoms with E-state index in [2.05, 4.69) is 20.7 Å². The molecule has 1 rings (SSSR count). The van der Waals surface area contributed by atoms with Gasteiger partial charge in [-0.1, -0.05) is 28.1 Å². The van der Waals surface area contributed by atoms with Gasteiger partial charge < -0.3 is 14.6 Å². The fraction of sp³-hybridized carbons (Fsp3) is 0.462. The van der Waals surface area contributed by atoms with E-state index in [9.17, 15) is 9.90 Å². The minimum Gasteiger partial charge on any atom is -0.494 e. The number of methoxy groups -OCH3 is 1. The molecule has 0 amide bonds. The first-order chi connectivity index (χ1) is 8.69. The Balaban J connectivity index is 2.49. The lowest BCUT2D eigenvalue weighted by Crippen LogP contribution is -2.13. The van der Waals surface area contributed by atoms with E-state index in [4.69, 9.17) is 4.74 Å². The van der Waals surface area contributed by atoms with E-state index >= 15 is 0 Å². The lowest BCUT2D eigenvalue weighted by atomic mass is 10.1. The SMILES string of the molecule is COC(=O)C(O)c1ccc(OCCCCBr)cc1. The van der Waals surface area contributed by atoms with Gasteiger partial charge in [0.2, 0.25) is 0 Å². The van der Waals surface area contributed by atoms with Crippen molar-refractivity contribution >= 4 is 21.9 Å². The lowest BCUT2D eigenvalue weighted by Gasteiger charge is -2.10. The first-order valence-corrected chi connectivity index (χ1v) is 6.85. The number of hydrogen-bond donors (Lipinski definition) is 1. The normalized spacial score (nSPS) is 11.9. The molecule has 1 N–H and O–H groups in total. The van der Waals surface area contributed by atoms with E-state index in [1.54, 1.807) is 24.3 Å². The topological polar surface area (TPSA) is 55.8 Å². The van der Waals surface area contributed by atoms with Crippen LogP contribution in [0.3, 0.4) is 0 Å². The van der Waals surface area contributed by atoms with Crippen LogP contribution in [0.15, 0.2) is 24.3 Å². The number of halogens is 1. The van der Waals surface area contributed by atoms with Crippen LogP contribution in [-0.4, -0.2) is 30.1 Å². The van der Waals surface area contributed by atoms with Crippen molar-refractivity contribution in [2.75, 3.05) is 19.0 Å². The van der Waals surface area contributed by atoms with Crippen molar-refractivity contribution < 1.29 is 19.4 Å². The molecular weight excluding hydrogens is 300 g/mol. The van der Waals surface area contributed by atoms with Crippen molar-refractivity contribution in [2.45, 2.75) is 18.9 Å². The molecule has 4 nitrogen and oxygen atoms in total. The Hall–Kier alpha value is -1.07. The molecule has 1 atom stereocenters. The molecule has 0 aliphatic carbocycles. The van der Waals surface area contributed by atoms with Crippen LogP contribution < -0.4 is 4.74 Å². The van der Waals surface area contributed by atoms with Crippen LogP contribution in [0.5, 0.6) is 5.75 Å². The highest BCUT2D eigenvalue weighted by molar-refractivity contribution is 9.09. The number of esters is 1. The molecule has 0 saturated heterocycles. The molecule has 0 aliphatic heterocycles. The molecule has 5 heteroatoms. The maximum Gasteiger partial charge on any atom is 0.339 e. The summed E-state index contributed by atoms with van der Waals surface area (Å²) in [6.07, 6.45) is 0.814. The van der Waals surface area contributed by atoms with Crippen molar-refractivity contribution in [3.05, 3.63) is 29.8 Å². The molecule has 1 aromatic carbocycles. The third-order valence-electron chi connectivity index (χ3n) is 2.42. The van der Waals surface area contributed by atoms with E-state index in [0.29, 0.717) is 12.2 Å². The highest BCUT2D eigenvalue weighted by atomic mass is 79.9. The predicted octanol–water partition coefficient (Wildman–Crippen LogP) is 2.45. The molecule has 1 aromatic rings. The van der Waals surface area contributed by atoms with Gasteiger partial charge in [-0.15, -0.1) is 0 Å². The summed E-state index contributed by atoms with van der Waals surface area (Å²) in [4.78, 5) is 11.1. The fourth-order valence-electron chi connectivity index (χ4n) is 1.38. The summed E-state index contributed by atoms with van der Waals surface area (Å²) in [6, 6.07) is 6.77. The number of aliphatic hydroxyl groups is 1. The number of unbranched alkanes of at least 4 members (excludes halogenated alkanes) is 1. The average molecular weight is 317 g/mol. The van der Waals surface area contributed by atoms with Crippen molar-refractivity contribution in [2.24, 2.45) is 0 Å². The molecule has 0 bridgehead atoms. The van der Waals surface area contributed by atoms with E-state index in [1.165, 1.54) is 7.11 Å². The monoisotopic (exact) mass is 316 g/mol. The van der Waals surface area contributed by atoms with Crippen LogP contribution in [-0.2, 0) is 9.53 Å². The van der Waals surface area contributed by atoms with Gasteiger partial charge in [-0.2, -0.15) is 0 Å². The molecule has 0 aliphatic rings. The predicted molar refractivity (Wildman–Crippen MR) is 71.9 cm³/mol. The molecule has 18 heavy (non-hydrogen) atoms. The number of aliphatic hydroxyl groups excluding tert-OH is 1. The Kier molecular flexibility index (Phi) is 6.75. The lowest BCUT2D eigenvalue weighted by molar-refractivity contribution is -0.150. The average Bonchev–Trinajstić information content (AvgIpc) is 2.42. The van der Waals surface area contributed by atoms with Gasteiger partial charge in [-0.05, 0) is 30.5 Å². The van der Waals surface area contributed by atoms with Gasteiger partial charge in [0.05, 0.1) is 13.7 Å². The number of hydrogen-bond acceptors (Lipinski definition) is 4. The fourth-order valence-corrected chi connectivity index (χ4v) is 1.78. The number of ether oxygens (including phenoxy) is 2. The van der Waals surface area contributed by atoms with Crippen LogP contribution in [0.25, 0.3) is 0 Å². The van der Waals surface area contributed by atoms with Crippen LogP contribution in [0.4, 0.5) is 0 Å². The van der Waals surface area contributed by atoms with Gasteiger partial charge >= 0.3 is 5.97 Å². The largest absolute Gasteiger partial charge is 0.494 e. The second kappa shape index (κ2) is 8.11. The number of carbonyl (C=O) groups is 1. The second-order valence-corrected chi connectivity index (χ2v) is 4.53. The molecule has 1 unspecified atom stereocenters. The Morgan fingerprint density at radius 1 is 1.33 bits per heavy atom. The minimum atomic E-state index is -1.24. The van der Waals surface area contributed by atoms with Gasteiger partial charge in [-0.3, -0.25) is 0 Å². The third kappa shape index (κ3) is 4.66. The Labute approximate surface area is 115 Å². The quantitative estimate of drug-likeness (QED) is 0.477. The van der Waals surface area contributed by atoms with E-state index in [-0.39, 0.29) is 0 Å². The zero-order valence-electron chi connectivity index (χ0n) is 10.3. The highest BCUT2D eigenvalue weighted by Gasteiger charge is 2.17. The van der Waals surface area contributed by atoms with Gasteiger partial charge in [0.15, 0.2) is 6.10 Å². The smallest absolute Gasteiger partial charge is 0.339 e. The first kappa shape index (κ1) is 15.0. The summed E-state index contributed by atoms with van der Waals surface area (Å²) >= 11 is 3.35. The third-order valence-corrected chi connectivity index (χ3v) is 2.98. The summed E-state index contributed by atoms with van der Waals surface area (Å²) in [6.45, 7) is 0.657. The van der Waals surface area contributed by atoms with Gasteiger partial charge in [0.1, 0.15) is 5.75 Å². The van der Waals surface area contributed by atoms with Crippen LogP contribution >= 0.6 is 15.9 Å². The van der Waals surface area contributed by atoms with Crippen molar-refractivity contribution in [1.29, 1.82) is 0 Å². The number of alkyl halides is 1. The molecule has 0 heterocycles. The molecular formula is C13H17BrO4. The minimum absolute atomic E-state index is 0.495.